The van der Waals surface area contributed by atoms with E-state index in [1.54, 1.807) is 12.1 Å². The minimum absolute atomic E-state index is 0.0834. The number of halogens is 3. The topological polar surface area (TPSA) is 98.9 Å². The van der Waals surface area contributed by atoms with Crippen LogP contribution in [0.4, 0.5) is 19.0 Å². The summed E-state index contributed by atoms with van der Waals surface area (Å²) in [6.45, 7) is 2.34. The van der Waals surface area contributed by atoms with Gasteiger partial charge in [-0.25, -0.2) is 4.98 Å². The Hall–Kier alpha value is -3.66. The molecule has 2 aliphatic rings. The molecule has 0 aliphatic carbocycles. The van der Waals surface area contributed by atoms with Crippen LogP contribution in [0.3, 0.4) is 0 Å². The van der Waals surface area contributed by atoms with Gasteiger partial charge in [-0.05, 0) is 68.4 Å². The van der Waals surface area contributed by atoms with Crippen LogP contribution in [-0.2, 0) is 11.6 Å². The third-order valence-electron chi connectivity index (χ3n) is 6.53. The van der Waals surface area contributed by atoms with E-state index in [1.165, 1.54) is 6.20 Å². The maximum absolute atomic E-state index is 12.8. The number of carbonyl (C=O) groups excluding carboxylic acids is 2. The Balaban J connectivity index is 1.39. The molecule has 3 aromatic rings. The first-order valence-electron chi connectivity index (χ1n) is 10.9. The number of alkyl halides is 3. The fraction of sp³-hybridized carbons (Fsp3) is 0.292. The van der Waals surface area contributed by atoms with Crippen LogP contribution in [0.1, 0.15) is 44.8 Å². The highest BCUT2D eigenvalue weighted by molar-refractivity contribution is 6.04. The standard InChI is InChI=1S/C24H22F3N5O2/c25-24(26,27)16-3-1-14(2-4-16)21(33)32-19-11-15(5-8-29-19)18-12-17-20(31-18)23(13-30-22(17)34)6-9-28-10-7-23/h1-5,8,11-12,28,31H,6-7,9-10,13H2,(H,30,34)(H,29,32,33). The highest BCUT2D eigenvalue weighted by Gasteiger charge is 2.42. The number of amides is 2. The molecule has 10 heteroatoms. The van der Waals surface area contributed by atoms with E-state index in [2.05, 4.69) is 25.9 Å². The Morgan fingerprint density at radius 3 is 2.50 bits per heavy atom. The molecule has 7 nitrogen and oxygen atoms in total. The lowest BCUT2D eigenvalue weighted by Crippen LogP contribution is -2.51. The molecule has 5 rings (SSSR count). The van der Waals surface area contributed by atoms with Gasteiger partial charge < -0.3 is 20.9 Å². The Kier molecular flexibility index (Phi) is 5.40. The first kappa shape index (κ1) is 22.1. The second-order valence-electron chi connectivity index (χ2n) is 8.64. The SMILES string of the molecule is O=C(Nc1cc(-c2cc3c([nH]2)C2(CCNCC2)CNC3=O)ccn1)c1ccc(C(F)(F)F)cc1. The molecule has 1 saturated heterocycles. The zero-order valence-corrected chi connectivity index (χ0v) is 18.1. The number of nitrogens with one attached hydrogen (secondary N) is 4. The Bertz CT molecular complexity index is 1240. The fourth-order valence-corrected chi connectivity index (χ4v) is 4.64. The van der Waals surface area contributed by atoms with Crippen LogP contribution < -0.4 is 16.0 Å². The number of H-pyrrole nitrogens is 1. The smallest absolute Gasteiger partial charge is 0.357 e. The Morgan fingerprint density at radius 2 is 1.79 bits per heavy atom. The number of rotatable bonds is 3. The summed E-state index contributed by atoms with van der Waals surface area (Å²) in [5.74, 6) is -0.445. The fourth-order valence-electron chi connectivity index (χ4n) is 4.64. The minimum Gasteiger partial charge on any atom is -0.357 e. The third kappa shape index (κ3) is 4.05. The first-order chi connectivity index (χ1) is 16.2. The van der Waals surface area contributed by atoms with Crippen LogP contribution in [0.5, 0.6) is 0 Å². The number of pyridine rings is 1. The molecule has 1 spiro atoms. The van der Waals surface area contributed by atoms with Crippen molar-refractivity contribution in [2.24, 2.45) is 0 Å². The number of fused-ring (bicyclic) bond motifs is 2. The summed E-state index contributed by atoms with van der Waals surface area (Å²) in [5, 5.41) is 8.98. The lowest BCUT2D eigenvalue weighted by Gasteiger charge is -2.40. The van der Waals surface area contributed by atoms with Crippen molar-refractivity contribution in [1.82, 2.24) is 20.6 Å². The van der Waals surface area contributed by atoms with Gasteiger partial charge in [-0.3, -0.25) is 9.59 Å². The van der Waals surface area contributed by atoms with E-state index in [0.717, 1.165) is 67.1 Å². The lowest BCUT2D eigenvalue weighted by molar-refractivity contribution is -0.137. The third-order valence-corrected chi connectivity index (χ3v) is 6.53. The summed E-state index contributed by atoms with van der Waals surface area (Å²) in [7, 11) is 0. The molecule has 2 aromatic heterocycles. The van der Waals surface area contributed by atoms with Gasteiger partial charge in [0.15, 0.2) is 0 Å². The van der Waals surface area contributed by atoms with E-state index in [9.17, 15) is 22.8 Å². The van der Waals surface area contributed by atoms with Gasteiger partial charge in [-0.1, -0.05) is 0 Å². The average Bonchev–Trinajstić information content (AvgIpc) is 3.30. The van der Waals surface area contributed by atoms with Gasteiger partial charge in [0.2, 0.25) is 0 Å². The molecular formula is C24H22F3N5O2. The van der Waals surface area contributed by atoms with Crippen LogP contribution in [0.2, 0.25) is 0 Å². The number of piperidine rings is 1. The Morgan fingerprint density at radius 1 is 1.06 bits per heavy atom. The summed E-state index contributed by atoms with van der Waals surface area (Å²) >= 11 is 0. The van der Waals surface area contributed by atoms with Crippen LogP contribution in [-0.4, -0.2) is 41.4 Å². The molecule has 2 aliphatic heterocycles. The second-order valence-corrected chi connectivity index (χ2v) is 8.64. The van der Waals surface area contributed by atoms with Gasteiger partial charge >= 0.3 is 6.18 Å². The monoisotopic (exact) mass is 469 g/mol. The van der Waals surface area contributed by atoms with Crippen LogP contribution in [0, 0.1) is 0 Å². The zero-order valence-electron chi connectivity index (χ0n) is 18.1. The van der Waals surface area contributed by atoms with Crippen molar-refractivity contribution < 1.29 is 22.8 Å². The number of hydrogen-bond acceptors (Lipinski definition) is 4. The highest BCUT2D eigenvalue weighted by atomic mass is 19.4. The maximum Gasteiger partial charge on any atom is 0.416 e. The predicted octanol–water partition coefficient (Wildman–Crippen LogP) is 3.71. The average molecular weight is 469 g/mol. The number of hydrogen-bond donors (Lipinski definition) is 4. The van der Waals surface area contributed by atoms with Crippen molar-refractivity contribution in [3.8, 4) is 11.3 Å². The number of carbonyl (C=O) groups is 2. The molecule has 34 heavy (non-hydrogen) atoms. The minimum atomic E-state index is -4.47. The molecule has 4 heterocycles. The molecular weight excluding hydrogens is 447 g/mol. The summed E-state index contributed by atoms with van der Waals surface area (Å²) in [6.07, 6.45) is -1.13. The number of aromatic nitrogens is 2. The van der Waals surface area contributed by atoms with Crippen molar-refractivity contribution in [2.45, 2.75) is 24.4 Å². The van der Waals surface area contributed by atoms with E-state index < -0.39 is 17.6 Å². The predicted molar refractivity (Wildman–Crippen MR) is 120 cm³/mol. The van der Waals surface area contributed by atoms with E-state index in [0.29, 0.717) is 12.1 Å². The molecule has 4 N–H and O–H groups in total. The van der Waals surface area contributed by atoms with E-state index >= 15 is 0 Å². The lowest BCUT2D eigenvalue weighted by atomic mass is 9.73. The van der Waals surface area contributed by atoms with Crippen molar-refractivity contribution in [3.63, 3.8) is 0 Å². The van der Waals surface area contributed by atoms with Gasteiger partial charge in [0.1, 0.15) is 5.82 Å². The molecule has 0 radical (unpaired) electrons. The molecule has 0 atom stereocenters. The van der Waals surface area contributed by atoms with Gasteiger partial charge in [0.25, 0.3) is 11.8 Å². The van der Waals surface area contributed by atoms with Gasteiger partial charge in [-0.2, -0.15) is 13.2 Å². The number of benzene rings is 1. The van der Waals surface area contributed by atoms with Crippen LogP contribution >= 0.6 is 0 Å². The molecule has 176 valence electrons. The van der Waals surface area contributed by atoms with Gasteiger partial charge in [-0.15, -0.1) is 0 Å². The molecule has 0 saturated carbocycles. The summed E-state index contributed by atoms with van der Waals surface area (Å²) < 4.78 is 38.3. The quantitative estimate of drug-likeness (QED) is 0.470. The number of aromatic amines is 1. The zero-order chi connectivity index (χ0) is 23.9. The normalized spacial score (nSPS) is 17.2. The molecule has 0 bridgehead atoms. The molecule has 2 amide bonds. The van der Waals surface area contributed by atoms with Crippen molar-refractivity contribution in [1.29, 1.82) is 0 Å². The van der Waals surface area contributed by atoms with Crippen LogP contribution in [0.25, 0.3) is 11.3 Å². The van der Waals surface area contributed by atoms with E-state index in [-0.39, 0.29) is 22.7 Å². The van der Waals surface area contributed by atoms with Gasteiger partial charge in [0, 0.05) is 40.7 Å². The van der Waals surface area contributed by atoms with Crippen LogP contribution in [0.15, 0.2) is 48.7 Å². The summed E-state index contributed by atoms with van der Waals surface area (Å²) in [4.78, 5) is 32.6. The first-order valence-corrected chi connectivity index (χ1v) is 10.9. The van der Waals surface area contributed by atoms with E-state index in [4.69, 9.17) is 0 Å². The van der Waals surface area contributed by atoms with Gasteiger partial charge in [0.05, 0.1) is 11.1 Å². The van der Waals surface area contributed by atoms with E-state index in [1.807, 2.05) is 6.07 Å². The molecule has 1 aromatic carbocycles. The molecule has 0 unspecified atom stereocenters. The van der Waals surface area contributed by atoms with Crippen molar-refractivity contribution in [2.75, 3.05) is 25.0 Å². The number of nitrogens with zero attached hydrogens (tertiary/aromatic N) is 1. The highest BCUT2D eigenvalue weighted by Crippen LogP contribution is 2.39. The Labute approximate surface area is 193 Å². The second kappa shape index (κ2) is 8.28. The maximum atomic E-state index is 12.8. The largest absolute Gasteiger partial charge is 0.416 e. The van der Waals surface area contributed by atoms with Crippen molar-refractivity contribution >= 4 is 17.6 Å². The van der Waals surface area contributed by atoms with Crippen molar-refractivity contribution in [3.05, 3.63) is 71.0 Å². The summed E-state index contributed by atoms with van der Waals surface area (Å²) in [6, 6.07) is 9.21. The molecule has 1 fully saturated rings. The summed E-state index contributed by atoms with van der Waals surface area (Å²) in [5.41, 5.74) is 2.13. The number of anilines is 1.